The van der Waals surface area contributed by atoms with Gasteiger partial charge in [-0.2, -0.15) is 0 Å². The molecule has 0 saturated heterocycles. The zero-order chi connectivity index (χ0) is 7.82. The maximum absolute atomic E-state index is 3.64. The minimum Gasteiger partial charge on any atom is -0.0988 e. The van der Waals surface area contributed by atoms with Gasteiger partial charge in [-0.1, -0.05) is 48.6 Å². The standard InChI is InChI=1S/C10H14/c1-4-6-7-8-9-10(3)5-2/h4-9H,2H2,1,3H3. The highest BCUT2D eigenvalue weighted by atomic mass is 13.8. The van der Waals surface area contributed by atoms with E-state index in [4.69, 9.17) is 0 Å². The van der Waals surface area contributed by atoms with Gasteiger partial charge in [0.2, 0.25) is 0 Å². The van der Waals surface area contributed by atoms with Crippen molar-refractivity contribution in [1.29, 1.82) is 0 Å². The summed E-state index contributed by atoms with van der Waals surface area (Å²) in [6, 6.07) is 0. The van der Waals surface area contributed by atoms with E-state index in [1.807, 2.05) is 50.3 Å². The maximum atomic E-state index is 3.64. The molecule has 10 heavy (non-hydrogen) atoms. The minimum absolute atomic E-state index is 1.18. The fourth-order valence-electron chi connectivity index (χ4n) is 0.451. The van der Waals surface area contributed by atoms with Crippen LogP contribution >= 0.6 is 0 Å². The van der Waals surface area contributed by atoms with Crippen LogP contribution in [0.2, 0.25) is 0 Å². The van der Waals surface area contributed by atoms with E-state index >= 15 is 0 Å². The van der Waals surface area contributed by atoms with Gasteiger partial charge in [-0.15, -0.1) is 0 Å². The smallest absolute Gasteiger partial charge is 0.0398 e. The van der Waals surface area contributed by atoms with Crippen molar-refractivity contribution in [2.24, 2.45) is 0 Å². The molecule has 0 aliphatic carbocycles. The highest BCUT2D eigenvalue weighted by Crippen LogP contribution is 1.92. The summed E-state index contributed by atoms with van der Waals surface area (Å²) in [6.07, 6.45) is 11.8. The van der Waals surface area contributed by atoms with Gasteiger partial charge in [0.05, 0.1) is 0 Å². The Hall–Kier alpha value is -1.04. The molecule has 0 unspecified atom stereocenters. The van der Waals surface area contributed by atoms with Crippen LogP contribution in [0.1, 0.15) is 13.8 Å². The van der Waals surface area contributed by atoms with Crippen LogP contribution in [0.15, 0.2) is 48.6 Å². The minimum atomic E-state index is 1.18. The van der Waals surface area contributed by atoms with Crippen molar-refractivity contribution in [2.75, 3.05) is 0 Å². The molecule has 0 aliphatic heterocycles. The van der Waals surface area contributed by atoms with Gasteiger partial charge in [-0.3, -0.25) is 0 Å². The van der Waals surface area contributed by atoms with Crippen molar-refractivity contribution < 1.29 is 0 Å². The lowest BCUT2D eigenvalue weighted by Crippen LogP contribution is -1.61. The van der Waals surface area contributed by atoms with Gasteiger partial charge < -0.3 is 0 Å². The molecule has 0 bridgehead atoms. The number of hydrogen-bond acceptors (Lipinski definition) is 0. The number of allylic oxidation sites excluding steroid dienone is 7. The van der Waals surface area contributed by atoms with E-state index in [9.17, 15) is 0 Å². The first-order valence-corrected chi connectivity index (χ1v) is 3.40. The summed E-state index contributed by atoms with van der Waals surface area (Å²) in [5.41, 5.74) is 1.18. The fraction of sp³-hybridized carbons (Fsp3) is 0.200. The second-order valence-electron chi connectivity index (χ2n) is 2.03. The molecule has 0 aromatic heterocycles. The summed E-state index contributed by atoms with van der Waals surface area (Å²) in [6.45, 7) is 7.65. The van der Waals surface area contributed by atoms with Gasteiger partial charge in [0.25, 0.3) is 0 Å². The van der Waals surface area contributed by atoms with Gasteiger partial charge in [-0.25, -0.2) is 0 Å². The molecule has 0 aromatic carbocycles. The molecule has 0 atom stereocenters. The third kappa shape index (κ3) is 5.10. The average Bonchev–Trinajstić information content (AvgIpc) is 1.98. The highest BCUT2D eigenvalue weighted by molar-refractivity contribution is 5.21. The lowest BCUT2D eigenvalue weighted by atomic mass is 10.3. The predicted molar refractivity (Wildman–Crippen MR) is 47.9 cm³/mol. The van der Waals surface area contributed by atoms with Crippen LogP contribution < -0.4 is 0 Å². The fourth-order valence-corrected chi connectivity index (χ4v) is 0.451. The van der Waals surface area contributed by atoms with Gasteiger partial charge >= 0.3 is 0 Å². The van der Waals surface area contributed by atoms with Crippen molar-refractivity contribution in [3.05, 3.63) is 48.6 Å². The van der Waals surface area contributed by atoms with Gasteiger partial charge in [-0.05, 0) is 13.8 Å². The van der Waals surface area contributed by atoms with Crippen LogP contribution in [-0.4, -0.2) is 0 Å². The lowest BCUT2D eigenvalue weighted by molar-refractivity contribution is 1.53. The molecular formula is C10H14. The third-order valence-corrected chi connectivity index (χ3v) is 1.10. The molecular weight excluding hydrogens is 120 g/mol. The van der Waals surface area contributed by atoms with Crippen LogP contribution in [-0.2, 0) is 0 Å². The summed E-state index contributed by atoms with van der Waals surface area (Å²) in [4.78, 5) is 0. The van der Waals surface area contributed by atoms with Crippen molar-refractivity contribution >= 4 is 0 Å². The predicted octanol–water partition coefficient (Wildman–Crippen LogP) is 3.25. The van der Waals surface area contributed by atoms with Crippen LogP contribution in [0.3, 0.4) is 0 Å². The molecule has 0 saturated carbocycles. The van der Waals surface area contributed by atoms with Crippen LogP contribution in [0, 0.1) is 0 Å². The highest BCUT2D eigenvalue weighted by Gasteiger charge is 1.71. The van der Waals surface area contributed by atoms with Crippen molar-refractivity contribution in [3.63, 3.8) is 0 Å². The molecule has 0 aromatic rings. The number of rotatable bonds is 3. The van der Waals surface area contributed by atoms with E-state index in [2.05, 4.69) is 6.58 Å². The van der Waals surface area contributed by atoms with Crippen molar-refractivity contribution in [2.45, 2.75) is 13.8 Å². The Morgan fingerprint density at radius 3 is 2.40 bits per heavy atom. The molecule has 54 valence electrons. The van der Waals surface area contributed by atoms with Crippen molar-refractivity contribution in [3.8, 4) is 0 Å². The molecule has 0 fully saturated rings. The second-order valence-corrected chi connectivity index (χ2v) is 2.03. The van der Waals surface area contributed by atoms with Gasteiger partial charge in [0.1, 0.15) is 0 Å². The molecule has 0 aliphatic rings. The number of hydrogen-bond donors (Lipinski definition) is 0. The first-order chi connectivity index (χ1) is 4.81. The van der Waals surface area contributed by atoms with Gasteiger partial charge in [0, 0.05) is 0 Å². The summed E-state index contributed by atoms with van der Waals surface area (Å²) in [5.74, 6) is 0. The molecule has 0 nitrogen and oxygen atoms in total. The van der Waals surface area contributed by atoms with Crippen LogP contribution in [0.4, 0.5) is 0 Å². The molecule has 0 rings (SSSR count). The SMILES string of the molecule is C=CC(C)=CC=CC=CC. The first kappa shape index (κ1) is 8.96. The summed E-state index contributed by atoms with van der Waals surface area (Å²) in [5, 5.41) is 0. The van der Waals surface area contributed by atoms with Crippen molar-refractivity contribution in [1.82, 2.24) is 0 Å². The van der Waals surface area contributed by atoms with Gasteiger partial charge in [0.15, 0.2) is 0 Å². The van der Waals surface area contributed by atoms with E-state index < -0.39 is 0 Å². The normalized spacial score (nSPS) is 13.2. The molecule has 0 spiro atoms. The largest absolute Gasteiger partial charge is 0.0988 e. The lowest BCUT2D eigenvalue weighted by Gasteiger charge is -1.82. The Bertz CT molecular complexity index is 168. The molecule has 0 heteroatoms. The summed E-state index contributed by atoms with van der Waals surface area (Å²) >= 11 is 0. The van der Waals surface area contributed by atoms with E-state index in [0.717, 1.165) is 0 Å². The van der Waals surface area contributed by atoms with E-state index in [1.54, 1.807) is 0 Å². The zero-order valence-corrected chi connectivity index (χ0v) is 6.67. The van der Waals surface area contributed by atoms with E-state index in [0.29, 0.717) is 0 Å². The first-order valence-electron chi connectivity index (χ1n) is 3.40. The second kappa shape index (κ2) is 6.09. The Balaban J connectivity index is 3.81. The van der Waals surface area contributed by atoms with Crippen LogP contribution in [0.5, 0.6) is 0 Å². The monoisotopic (exact) mass is 134 g/mol. The third-order valence-electron chi connectivity index (χ3n) is 1.10. The Morgan fingerprint density at radius 1 is 1.20 bits per heavy atom. The van der Waals surface area contributed by atoms with E-state index in [1.165, 1.54) is 5.57 Å². The average molecular weight is 134 g/mol. The molecule has 0 N–H and O–H groups in total. The Morgan fingerprint density at radius 2 is 1.90 bits per heavy atom. The molecule has 0 heterocycles. The van der Waals surface area contributed by atoms with E-state index in [-0.39, 0.29) is 0 Å². The Kier molecular flexibility index (Phi) is 5.45. The maximum Gasteiger partial charge on any atom is -0.0398 e. The topological polar surface area (TPSA) is 0 Å². The summed E-state index contributed by atoms with van der Waals surface area (Å²) < 4.78 is 0. The molecule has 0 amide bonds. The Labute approximate surface area is 63.3 Å². The zero-order valence-electron chi connectivity index (χ0n) is 6.67. The summed E-state index contributed by atoms with van der Waals surface area (Å²) in [7, 11) is 0. The quantitative estimate of drug-likeness (QED) is 0.520. The molecule has 0 radical (unpaired) electrons. The van der Waals surface area contributed by atoms with Crippen LogP contribution in [0.25, 0.3) is 0 Å².